The van der Waals surface area contributed by atoms with E-state index in [1.807, 2.05) is 11.8 Å². The first-order chi connectivity index (χ1) is 9.21. The van der Waals surface area contributed by atoms with Crippen LogP contribution in [0.4, 0.5) is 5.69 Å². The summed E-state index contributed by atoms with van der Waals surface area (Å²) in [7, 11) is 1.76. The van der Waals surface area contributed by atoms with Gasteiger partial charge in [0.2, 0.25) is 0 Å². The number of rotatable bonds is 1. The number of nitrogens with zero attached hydrogens (tertiary/aromatic N) is 3. The highest BCUT2D eigenvalue weighted by Crippen LogP contribution is 2.30. The lowest BCUT2D eigenvalue weighted by atomic mass is 9.83. The zero-order valence-electron chi connectivity index (χ0n) is 13.0. The van der Waals surface area contributed by atoms with Crippen molar-refractivity contribution < 1.29 is 4.79 Å². The Labute approximate surface area is 120 Å². The maximum absolute atomic E-state index is 12.6. The predicted molar refractivity (Wildman–Crippen MR) is 80.4 cm³/mol. The van der Waals surface area contributed by atoms with Gasteiger partial charge in [0.1, 0.15) is 5.69 Å². The first kappa shape index (κ1) is 14.6. The summed E-state index contributed by atoms with van der Waals surface area (Å²) >= 11 is 0. The van der Waals surface area contributed by atoms with Crippen molar-refractivity contribution in [1.29, 1.82) is 0 Å². The molecule has 0 radical (unpaired) electrons. The summed E-state index contributed by atoms with van der Waals surface area (Å²) in [6.45, 7) is 9.83. The van der Waals surface area contributed by atoms with Gasteiger partial charge >= 0.3 is 0 Å². The number of hydrogen-bond donors (Lipinski definition) is 1. The molecule has 0 spiro atoms. The number of carbonyl (C=O) groups is 1. The highest BCUT2D eigenvalue weighted by molar-refractivity contribution is 5.98. The summed E-state index contributed by atoms with van der Waals surface area (Å²) in [4.78, 5) is 14.4. The molecule has 110 valence electrons. The molecule has 0 atom stereocenters. The number of aryl methyl sites for hydroxylation is 2. The van der Waals surface area contributed by atoms with E-state index >= 15 is 0 Å². The smallest absolute Gasteiger partial charge is 0.274 e. The molecule has 1 aliphatic rings. The molecule has 1 aromatic rings. The van der Waals surface area contributed by atoms with E-state index in [0.717, 1.165) is 13.0 Å². The molecule has 0 fully saturated rings. The second kappa shape index (κ2) is 4.96. The van der Waals surface area contributed by atoms with Gasteiger partial charge < -0.3 is 10.6 Å². The van der Waals surface area contributed by atoms with Crippen molar-refractivity contribution in [2.45, 2.75) is 34.1 Å². The molecular formula is C15H24N4O. The minimum Gasteiger partial charge on any atom is -0.395 e. The van der Waals surface area contributed by atoms with Crippen LogP contribution in [-0.2, 0) is 7.05 Å². The Kier molecular flexibility index (Phi) is 3.63. The van der Waals surface area contributed by atoms with Crippen molar-refractivity contribution in [2.75, 3.05) is 18.8 Å². The Bertz CT molecular complexity index is 563. The van der Waals surface area contributed by atoms with Crippen molar-refractivity contribution in [1.82, 2.24) is 14.7 Å². The normalized spacial score (nSPS) is 16.2. The molecule has 2 rings (SSSR count). The van der Waals surface area contributed by atoms with Crippen molar-refractivity contribution in [3.8, 4) is 0 Å². The van der Waals surface area contributed by atoms with Gasteiger partial charge in [0.25, 0.3) is 5.91 Å². The van der Waals surface area contributed by atoms with Crippen LogP contribution in [-0.4, -0.2) is 33.7 Å². The quantitative estimate of drug-likeness (QED) is 0.799. The average molecular weight is 276 g/mol. The maximum atomic E-state index is 12.6. The molecule has 0 aliphatic carbocycles. The first-order valence-electron chi connectivity index (χ1n) is 6.99. The summed E-state index contributed by atoms with van der Waals surface area (Å²) in [6.07, 6.45) is 3.09. The summed E-state index contributed by atoms with van der Waals surface area (Å²) in [6, 6.07) is 0. The number of nitrogens with two attached hydrogens (primary N) is 1. The zero-order valence-corrected chi connectivity index (χ0v) is 13.0. The first-order valence-corrected chi connectivity index (χ1v) is 6.99. The van der Waals surface area contributed by atoms with Gasteiger partial charge in [0, 0.05) is 20.1 Å². The predicted octanol–water partition coefficient (Wildman–Crippen LogP) is 2.13. The van der Waals surface area contributed by atoms with Crippen LogP contribution in [0.3, 0.4) is 0 Å². The SMILES string of the molecule is Cc1nn(C)c(C(=O)N2CC=C(C(C)(C)C)CC2)c1N. The Morgan fingerprint density at radius 1 is 1.40 bits per heavy atom. The van der Waals surface area contributed by atoms with E-state index in [1.54, 1.807) is 11.7 Å². The molecule has 0 saturated heterocycles. The summed E-state index contributed by atoms with van der Waals surface area (Å²) < 4.78 is 1.58. The fourth-order valence-corrected chi connectivity index (χ4v) is 2.61. The molecule has 5 nitrogen and oxygen atoms in total. The maximum Gasteiger partial charge on any atom is 0.274 e. The summed E-state index contributed by atoms with van der Waals surface area (Å²) in [5, 5.41) is 4.21. The van der Waals surface area contributed by atoms with Crippen molar-refractivity contribution in [3.63, 3.8) is 0 Å². The fraction of sp³-hybridized carbons (Fsp3) is 0.600. The van der Waals surface area contributed by atoms with E-state index < -0.39 is 0 Å². The topological polar surface area (TPSA) is 64.2 Å². The van der Waals surface area contributed by atoms with Crippen LogP contribution >= 0.6 is 0 Å². The number of nitrogen functional groups attached to an aromatic ring is 1. The summed E-state index contributed by atoms with van der Waals surface area (Å²) in [5.41, 5.74) is 9.24. The van der Waals surface area contributed by atoms with Gasteiger partial charge in [-0.1, -0.05) is 32.4 Å². The number of anilines is 1. The lowest BCUT2D eigenvalue weighted by molar-refractivity contribution is 0.0755. The fourth-order valence-electron chi connectivity index (χ4n) is 2.61. The molecule has 2 N–H and O–H groups in total. The van der Waals surface area contributed by atoms with Crippen LogP contribution in [0.2, 0.25) is 0 Å². The Hall–Kier alpha value is -1.78. The van der Waals surface area contributed by atoms with Gasteiger partial charge in [-0.05, 0) is 18.8 Å². The van der Waals surface area contributed by atoms with Gasteiger partial charge in [-0.3, -0.25) is 9.48 Å². The van der Waals surface area contributed by atoms with Gasteiger partial charge in [-0.25, -0.2) is 0 Å². The van der Waals surface area contributed by atoms with E-state index in [4.69, 9.17) is 5.73 Å². The summed E-state index contributed by atoms with van der Waals surface area (Å²) in [5.74, 6) is -0.0326. The third-order valence-corrected chi connectivity index (χ3v) is 3.93. The Morgan fingerprint density at radius 2 is 2.05 bits per heavy atom. The van der Waals surface area contributed by atoms with Crippen molar-refractivity contribution in [3.05, 3.63) is 23.0 Å². The van der Waals surface area contributed by atoms with E-state index in [0.29, 0.717) is 23.6 Å². The molecular weight excluding hydrogens is 252 g/mol. The lowest BCUT2D eigenvalue weighted by Crippen LogP contribution is -2.37. The van der Waals surface area contributed by atoms with Crippen LogP contribution in [0, 0.1) is 12.3 Å². The second-order valence-corrected chi connectivity index (χ2v) is 6.45. The van der Waals surface area contributed by atoms with E-state index in [2.05, 4.69) is 31.9 Å². The molecule has 20 heavy (non-hydrogen) atoms. The molecule has 0 unspecified atom stereocenters. The second-order valence-electron chi connectivity index (χ2n) is 6.45. The third-order valence-electron chi connectivity index (χ3n) is 3.93. The minimum absolute atomic E-state index is 0.0326. The number of carbonyl (C=O) groups excluding carboxylic acids is 1. The average Bonchev–Trinajstić information content (AvgIpc) is 2.62. The van der Waals surface area contributed by atoms with Crippen LogP contribution in [0.1, 0.15) is 43.4 Å². The van der Waals surface area contributed by atoms with Gasteiger partial charge in [0.15, 0.2) is 0 Å². The minimum atomic E-state index is -0.0326. The van der Waals surface area contributed by atoms with Gasteiger partial charge in [-0.15, -0.1) is 0 Å². The number of hydrogen-bond acceptors (Lipinski definition) is 3. The monoisotopic (exact) mass is 276 g/mol. The highest BCUT2D eigenvalue weighted by atomic mass is 16.2. The Morgan fingerprint density at radius 3 is 2.45 bits per heavy atom. The van der Waals surface area contributed by atoms with Crippen LogP contribution in [0.25, 0.3) is 0 Å². The Balaban J connectivity index is 2.19. The molecule has 1 amide bonds. The lowest BCUT2D eigenvalue weighted by Gasteiger charge is -2.32. The van der Waals surface area contributed by atoms with Crippen molar-refractivity contribution >= 4 is 11.6 Å². The van der Waals surface area contributed by atoms with E-state index in [1.165, 1.54) is 5.57 Å². The third kappa shape index (κ3) is 2.57. The van der Waals surface area contributed by atoms with Gasteiger partial charge in [-0.2, -0.15) is 5.10 Å². The molecule has 2 heterocycles. The zero-order chi connectivity index (χ0) is 15.1. The molecule has 0 aromatic carbocycles. The van der Waals surface area contributed by atoms with E-state index in [9.17, 15) is 4.79 Å². The molecule has 0 bridgehead atoms. The van der Waals surface area contributed by atoms with Crippen LogP contribution in [0.15, 0.2) is 11.6 Å². The number of amides is 1. The largest absolute Gasteiger partial charge is 0.395 e. The molecule has 1 aliphatic heterocycles. The van der Waals surface area contributed by atoms with E-state index in [-0.39, 0.29) is 11.3 Å². The van der Waals surface area contributed by atoms with Crippen molar-refractivity contribution in [2.24, 2.45) is 12.5 Å². The standard InChI is InChI=1S/C15H24N4O/c1-10-12(16)13(18(5)17-10)14(20)19-8-6-11(7-9-19)15(2,3)4/h6H,7-9,16H2,1-5H3. The van der Waals surface area contributed by atoms with Crippen LogP contribution < -0.4 is 5.73 Å². The van der Waals surface area contributed by atoms with Gasteiger partial charge in [0.05, 0.1) is 11.4 Å². The highest BCUT2D eigenvalue weighted by Gasteiger charge is 2.27. The molecule has 5 heteroatoms. The molecule has 1 aromatic heterocycles. The van der Waals surface area contributed by atoms with Crippen LogP contribution in [0.5, 0.6) is 0 Å². The number of aromatic nitrogens is 2. The molecule has 0 saturated carbocycles.